The van der Waals surface area contributed by atoms with E-state index in [0.29, 0.717) is 13.0 Å². The molecule has 2 aliphatic heterocycles. The van der Waals surface area contributed by atoms with Crippen molar-refractivity contribution >= 4 is 50.9 Å². The second-order valence-corrected chi connectivity index (χ2v) is 9.89. The fourth-order valence-corrected chi connectivity index (χ4v) is 5.51. The van der Waals surface area contributed by atoms with E-state index in [-0.39, 0.29) is 11.8 Å². The van der Waals surface area contributed by atoms with Crippen LogP contribution in [-0.2, 0) is 16.1 Å². The van der Waals surface area contributed by atoms with Crippen molar-refractivity contribution < 1.29 is 9.59 Å². The number of nitrogens with zero attached hydrogens (tertiary/aromatic N) is 2. The molecule has 2 heterocycles. The van der Waals surface area contributed by atoms with E-state index in [2.05, 4.69) is 38.3 Å². The van der Waals surface area contributed by atoms with E-state index in [1.54, 1.807) is 4.90 Å². The molecule has 0 aromatic heterocycles. The standard InChI is InChI=1S/C23H26BrN3O2S/c1-16-14-17(15-26-10-12-30-13-11-26)6-7-20(16)25-22(28)18-8-9-27(23(18)29)21-5-3-2-4-19(21)24/h2-7,14,18H,8-13,15H2,1H3,(H,25,28). The molecule has 1 atom stereocenters. The Kier molecular flexibility index (Phi) is 6.80. The number of carbonyl (C=O) groups is 2. The van der Waals surface area contributed by atoms with Gasteiger partial charge in [-0.25, -0.2) is 0 Å². The second-order valence-electron chi connectivity index (χ2n) is 7.81. The number of aryl methyl sites for hydroxylation is 1. The van der Waals surface area contributed by atoms with Crippen LogP contribution in [0.5, 0.6) is 0 Å². The van der Waals surface area contributed by atoms with Gasteiger partial charge >= 0.3 is 0 Å². The van der Waals surface area contributed by atoms with Crippen molar-refractivity contribution in [2.24, 2.45) is 5.92 Å². The van der Waals surface area contributed by atoms with Crippen LogP contribution in [0.1, 0.15) is 17.5 Å². The maximum absolute atomic E-state index is 12.9. The zero-order chi connectivity index (χ0) is 21.1. The molecule has 158 valence electrons. The van der Waals surface area contributed by atoms with Crippen LogP contribution in [-0.4, -0.2) is 47.9 Å². The zero-order valence-electron chi connectivity index (χ0n) is 17.1. The monoisotopic (exact) mass is 487 g/mol. The Morgan fingerprint density at radius 1 is 1.17 bits per heavy atom. The Labute approximate surface area is 190 Å². The summed E-state index contributed by atoms with van der Waals surface area (Å²) < 4.78 is 0.859. The lowest BCUT2D eigenvalue weighted by molar-refractivity contribution is -0.129. The molecule has 2 fully saturated rings. The van der Waals surface area contributed by atoms with Crippen LogP contribution in [0.3, 0.4) is 0 Å². The quantitative estimate of drug-likeness (QED) is 0.638. The number of thioether (sulfide) groups is 1. The van der Waals surface area contributed by atoms with Gasteiger partial charge in [-0.3, -0.25) is 14.5 Å². The molecule has 2 aromatic carbocycles. The van der Waals surface area contributed by atoms with Crippen LogP contribution < -0.4 is 10.2 Å². The molecular weight excluding hydrogens is 462 g/mol. The first kappa shape index (κ1) is 21.4. The predicted octanol–water partition coefficient (Wildman–Crippen LogP) is 4.30. The molecule has 0 radical (unpaired) electrons. The summed E-state index contributed by atoms with van der Waals surface area (Å²) in [4.78, 5) is 29.9. The number of rotatable bonds is 5. The van der Waals surface area contributed by atoms with E-state index in [9.17, 15) is 9.59 Å². The fraction of sp³-hybridized carbons (Fsp3) is 0.391. The summed E-state index contributed by atoms with van der Waals surface area (Å²) in [6.07, 6.45) is 0.524. The highest BCUT2D eigenvalue weighted by atomic mass is 79.9. The zero-order valence-corrected chi connectivity index (χ0v) is 19.5. The molecule has 0 spiro atoms. The van der Waals surface area contributed by atoms with Gasteiger partial charge < -0.3 is 10.2 Å². The van der Waals surface area contributed by atoms with Gasteiger partial charge in [0, 0.05) is 47.8 Å². The summed E-state index contributed by atoms with van der Waals surface area (Å²) in [5.41, 5.74) is 3.88. The second kappa shape index (κ2) is 9.54. The van der Waals surface area contributed by atoms with Gasteiger partial charge in [-0.15, -0.1) is 0 Å². The lowest BCUT2D eigenvalue weighted by Gasteiger charge is -2.26. The first-order valence-electron chi connectivity index (χ1n) is 10.3. The highest BCUT2D eigenvalue weighted by Gasteiger charge is 2.38. The van der Waals surface area contributed by atoms with Crippen molar-refractivity contribution in [2.75, 3.05) is 41.4 Å². The van der Waals surface area contributed by atoms with Gasteiger partial charge in [0.2, 0.25) is 11.8 Å². The maximum atomic E-state index is 12.9. The first-order chi connectivity index (χ1) is 14.5. The van der Waals surface area contributed by atoms with Crippen LogP contribution >= 0.6 is 27.7 Å². The summed E-state index contributed by atoms with van der Waals surface area (Å²) in [6.45, 7) is 5.75. The molecule has 7 heteroatoms. The minimum Gasteiger partial charge on any atom is -0.325 e. The Balaban J connectivity index is 1.40. The summed E-state index contributed by atoms with van der Waals surface area (Å²) in [5.74, 6) is 1.37. The number of anilines is 2. The molecule has 4 rings (SSSR count). The highest BCUT2D eigenvalue weighted by Crippen LogP contribution is 2.32. The Morgan fingerprint density at radius 3 is 2.67 bits per heavy atom. The lowest BCUT2D eigenvalue weighted by atomic mass is 10.1. The third kappa shape index (κ3) is 4.74. The topological polar surface area (TPSA) is 52.7 Å². The summed E-state index contributed by atoms with van der Waals surface area (Å²) in [5, 5.41) is 2.98. The van der Waals surface area contributed by atoms with Crippen molar-refractivity contribution in [3.05, 3.63) is 58.1 Å². The number of carbonyl (C=O) groups excluding carboxylic acids is 2. The van der Waals surface area contributed by atoms with Crippen molar-refractivity contribution in [3.8, 4) is 0 Å². The smallest absolute Gasteiger partial charge is 0.239 e. The van der Waals surface area contributed by atoms with E-state index in [1.807, 2.05) is 49.0 Å². The average Bonchev–Trinajstić information content (AvgIpc) is 3.12. The number of benzene rings is 2. The fourth-order valence-electron chi connectivity index (χ4n) is 4.03. The molecule has 0 saturated carbocycles. The summed E-state index contributed by atoms with van der Waals surface area (Å²) in [7, 11) is 0. The van der Waals surface area contributed by atoms with Gasteiger partial charge in [0.1, 0.15) is 5.92 Å². The van der Waals surface area contributed by atoms with E-state index >= 15 is 0 Å². The van der Waals surface area contributed by atoms with Crippen molar-refractivity contribution in [3.63, 3.8) is 0 Å². The lowest BCUT2D eigenvalue weighted by Crippen LogP contribution is -2.33. The van der Waals surface area contributed by atoms with Crippen LogP contribution in [0.2, 0.25) is 0 Å². The van der Waals surface area contributed by atoms with Crippen LogP contribution in [0.4, 0.5) is 11.4 Å². The van der Waals surface area contributed by atoms with Gasteiger partial charge in [0.25, 0.3) is 0 Å². The van der Waals surface area contributed by atoms with E-state index in [1.165, 1.54) is 17.1 Å². The number of amides is 2. The number of para-hydroxylation sites is 1. The molecule has 2 saturated heterocycles. The van der Waals surface area contributed by atoms with Gasteiger partial charge in [0.15, 0.2) is 0 Å². The molecule has 1 unspecified atom stereocenters. The number of hydrogen-bond acceptors (Lipinski definition) is 4. The van der Waals surface area contributed by atoms with E-state index < -0.39 is 5.92 Å². The molecule has 0 aliphatic carbocycles. The molecule has 5 nitrogen and oxygen atoms in total. The van der Waals surface area contributed by atoms with Crippen molar-refractivity contribution in [1.29, 1.82) is 0 Å². The molecule has 2 aromatic rings. The van der Waals surface area contributed by atoms with Crippen molar-refractivity contribution in [2.45, 2.75) is 19.9 Å². The van der Waals surface area contributed by atoms with Crippen molar-refractivity contribution in [1.82, 2.24) is 4.90 Å². The molecule has 30 heavy (non-hydrogen) atoms. The van der Waals surface area contributed by atoms with Gasteiger partial charge in [-0.1, -0.05) is 24.3 Å². The highest BCUT2D eigenvalue weighted by molar-refractivity contribution is 9.10. The van der Waals surface area contributed by atoms with Gasteiger partial charge in [-0.2, -0.15) is 11.8 Å². The van der Waals surface area contributed by atoms with Gasteiger partial charge in [0.05, 0.1) is 5.69 Å². The summed E-state index contributed by atoms with van der Waals surface area (Å²) in [6, 6.07) is 13.8. The normalized spacial score (nSPS) is 19.9. The predicted molar refractivity (Wildman–Crippen MR) is 127 cm³/mol. The number of halogens is 1. The Hall–Kier alpha value is -1.83. The molecule has 2 aliphatic rings. The minimum atomic E-state index is -0.651. The maximum Gasteiger partial charge on any atom is 0.239 e. The number of nitrogens with one attached hydrogen (secondary N) is 1. The van der Waals surface area contributed by atoms with E-state index in [4.69, 9.17) is 0 Å². The van der Waals surface area contributed by atoms with E-state index in [0.717, 1.165) is 41.0 Å². The SMILES string of the molecule is Cc1cc(CN2CCSCC2)ccc1NC(=O)C1CCN(c2ccccc2Br)C1=O. The molecule has 2 amide bonds. The van der Waals surface area contributed by atoms with Gasteiger partial charge in [-0.05, 0) is 58.6 Å². The summed E-state index contributed by atoms with van der Waals surface area (Å²) >= 11 is 5.51. The Morgan fingerprint density at radius 2 is 1.93 bits per heavy atom. The third-order valence-corrected chi connectivity index (χ3v) is 7.34. The first-order valence-corrected chi connectivity index (χ1v) is 12.2. The Bertz CT molecular complexity index is 946. The minimum absolute atomic E-state index is 0.142. The van der Waals surface area contributed by atoms with Crippen LogP contribution in [0, 0.1) is 12.8 Å². The average molecular weight is 488 g/mol. The molecule has 0 bridgehead atoms. The molecular formula is C23H26BrN3O2S. The van der Waals surface area contributed by atoms with Crippen LogP contribution in [0.25, 0.3) is 0 Å². The van der Waals surface area contributed by atoms with Crippen LogP contribution in [0.15, 0.2) is 46.9 Å². The molecule has 1 N–H and O–H groups in total. The third-order valence-electron chi connectivity index (χ3n) is 5.72. The largest absolute Gasteiger partial charge is 0.325 e. The number of hydrogen-bond donors (Lipinski definition) is 1.